The van der Waals surface area contributed by atoms with Gasteiger partial charge in [-0.2, -0.15) is 0 Å². The van der Waals surface area contributed by atoms with Gasteiger partial charge >= 0.3 is 0 Å². The van der Waals surface area contributed by atoms with Crippen LogP contribution >= 0.6 is 23.2 Å². The number of ether oxygens (including phenoxy) is 1. The smallest absolute Gasteiger partial charge is 0.259 e. The summed E-state index contributed by atoms with van der Waals surface area (Å²) in [5, 5.41) is 6.83. The van der Waals surface area contributed by atoms with Crippen LogP contribution in [0, 0.1) is 5.82 Å². The number of anilines is 3. The third-order valence-corrected chi connectivity index (χ3v) is 6.00. The van der Waals surface area contributed by atoms with Crippen molar-refractivity contribution in [1.82, 2.24) is 9.97 Å². The summed E-state index contributed by atoms with van der Waals surface area (Å²) in [5.41, 5.74) is 3.07. The molecule has 1 aromatic heterocycles. The third-order valence-electron chi connectivity index (χ3n) is 5.37. The fourth-order valence-electron chi connectivity index (χ4n) is 3.92. The first-order chi connectivity index (χ1) is 15.7. The second-order valence-electron chi connectivity index (χ2n) is 8.43. The lowest BCUT2D eigenvalue weighted by molar-refractivity contribution is 0.101. The molecular formula is C24H19Cl2FN4O2. The van der Waals surface area contributed by atoms with E-state index in [9.17, 15) is 9.18 Å². The predicted octanol–water partition coefficient (Wildman–Crippen LogP) is 6.72. The summed E-state index contributed by atoms with van der Waals surface area (Å²) in [4.78, 5) is 21.0. The number of benzene rings is 3. The van der Waals surface area contributed by atoms with Gasteiger partial charge in [0.2, 0.25) is 5.95 Å². The highest BCUT2D eigenvalue weighted by atomic mass is 35.5. The highest BCUT2D eigenvalue weighted by Crippen LogP contribution is 2.43. The van der Waals surface area contributed by atoms with Crippen LogP contribution < -0.4 is 15.4 Å². The van der Waals surface area contributed by atoms with E-state index >= 15 is 0 Å². The summed E-state index contributed by atoms with van der Waals surface area (Å²) < 4.78 is 19.4. The molecule has 0 unspecified atom stereocenters. The summed E-state index contributed by atoms with van der Waals surface area (Å²) in [5.74, 6) is 0.181. The van der Waals surface area contributed by atoms with E-state index in [-0.39, 0.29) is 11.7 Å². The molecule has 1 aliphatic rings. The molecule has 5 rings (SSSR count). The van der Waals surface area contributed by atoms with Crippen molar-refractivity contribution in [3.8, 4) is 5.75 Å². The number of carbonyl (C=O) groups excluding carboxylic acids is 1. The molecule has 0 atom stereocenters. The molecule has 0 saturated carbocycles. The van der Waals surface area contributed by atoms with Crippen LogP contribution in [0.1, 0.15) is 29.8 Å². The number of imidazole rings is 1. The van der Waals surface area contributed by atoms with E-state index in [0.717, 1.165) is 11.1 Å². The molecule has 3 N–H and O–H groups in total. The fraction of sp³-hybridized carbons (Fsp3) is 0.167. The summed E-state index contributed by atoms with van der Waals surface area (Å²) in [6, 6.07) is 12.5. The molecule has 2 heterocycles. The van der Waals surface area contributed by atoms with E-state index in [4.69, 9.17) is 27.9 Å². The Balaban J connectivity index is 1.56. The number of carbonyl (C=O) groups is 1. The van der Waals surface area contributed by atoms with E-state index in [1.165, 1.54) is 24.3 Å². The normalized spacial score (nSPS) is 14.1. The van der Waals surface area contributed by atoms with Crippen molar-refractivity contribution in [3.63, 3.8) is 0 Å². The highest BCUT2D eigenvalue weighted by molar-refractivity contribution is 6.39. The molecule has 0 aliphatic carbocycles. The van der Waals surface area contributed by atoms with Crippen molar-refractivity contribution in [2.45, 2.75) is 25.9 Å². The monoisotopic (exact) mass is 484 g/mol. The van der Waals surface area contributed by atoms with Gasteiger partial charge in [-0.25, -0.2) is 9.37 Å². The largest absolute Gasteiger partial charge is 0.486 e. The fourth-order valence-corrected chi connectivity index (χ4v) is 4.41. The molecular weight excluding hydrogens is 466 g/mol. The molecule has 0 radical (unpaired) electrons. The van der Waals surface area contributed by atoms with Gasteiger partial charge in [-0.1, -0.05) is 29.3 Å². The molecule has 0 saturated heterocycles. The van der Waals surface area contributed by atoms with Crippen molar-refractivity contribution in [3.05, 3.63) is 75.5 Å². The number of hydrogen-bond acceptors (Lipinski definition) is 4. The first-order valence-electron chi connectivity index (χ1n) is 10.2. The molecule has 4 aromatic rings. The molecule has 9 heteroatoms. The second-order valence-corrected chi connectivity index (χ2v) is 9.25. The Bertz CT molecular complexity index is 1380. The number of aromatic amines is 1. The van der Waals surface area contributed by atoms with Gasteiger partial charge in [0.25, 0.3) is 5.91 Å². The van der Waals surface area contributed by atoms with Crippen molar-refractivity contribution in [2.24, 2.45) is 0 Å². The van der Waals surface area contributed by atoms with Crippen LogP contribution in [-0.2, 0) is 6.42 Å². The van der Waals surface area contributed by atoms with Gasteiger partial charge in [-0.05, 0) is 56.3 Å². The van der Waals surface area contributed by atoms with E-state index in [2.05, 4.69) is 20.6 Å². The Morgan fingerprint density at radius 1 is 1.15 bits per heavy atom. The standard InChI is InChI=1S/C24H19Cl2FN4O2/c1-24(2)11-15-19-18(29-23(30-19)31-20-16(25)4-3-5-17(20)26)10-14(21(15)33-24)22(32)28-13-8-6-12(27)7-9-13/h3-10H,11H2,1-2H3,(H,28,32)(H2,29,30,31). The quantitative estimate of drug-likeness (QED) is 0.300. The predicted molar refractivity (Wildman–Crippen MR) is 129 cm³/mol. The van der Waals surface area contributed by atoms with E-state index in [0.29, 0.717) is 50.6 Å². The number of nitrogens with one attached hydrogen (secondary N) is 3. The summed E-state index contributed by atoms with van der Waals surface area (Å²) >= 11 is 12.6. The lowest BCUT2D eigenvalue weighted by Gasteiger charge is -2.18. The van der Waals surface area contributed by atoms with Crippen LogP contribution in [0.5, 0.6) is 5.75 Å². The molecule has 0 spiro atoms. The average molecular weight is 485 g/mol. The number of amides is 1. The summed E-state index contributed by atoms with van der Waals surface area (Å²) in [7, 11) is 0. The van der Waals surface area contributed by atoms with Gasteiger partial charge in [-0.15, -0.1) is 0 Å². The van der Waals surface area contributed by atoms with Gasteiger partial charge in [0.1, 0.15) is 17.2 Å². The zero-order valence-corrected chi connectivity index (χ0v) is 19.2. The Kier molecular flexibility index (Phi) is 5.18. The van der Waals surface area contributed by atoms with Crippen molar-refractivity contribution in [2.75, 3.05) is 10.6 Å². The number of hydrogen-bond donors (Lipinski definition) is 3. The van der Waals surface area contributed by atoms with Crippen LogP contribution in [0.15, 0.2) is 48.5 Å². The molecule has 1 aliphatic heterocycles. The molecule has 0 fully saturated rings. The molecule has 168 valence electrons. The van der Waals surface area contributed by atoms with E-state index in [1.54, 1.807) is 24.3 Å². The first-order valence-corrected chi connectivity index (χ1v) is 11.0. The minimum Gasteiger partial charge on any atom is -0.486 e. The Morgan fingerprint density at radius 2 is 1.85 bits per heavy atom. The highest BCUT2D eigenvalue weighted by Gasteiger charge is 2.36. The van der Waals surface area contributed by atoms with Crippen molar-refractivity contribution < 1.29 is 13.9 Å². The maximum atomic E-state index is 13.2. The van der Waals surface area contributed by atoms with Crippen molar-refractivity contribution >= 4 is 57.5 Å². The SMILES string of the molecule is CC1(C)Cc2c(c(C(=O)Nc3ccc(F)cc3)cc3nc(Nc4c(Cl)cccc4Cl)[nH]c23)O1. The topological polar surface area (TPSA) is 79.0 Å². The van der Waals surface area contributed by atoms with Crippen LogP contribution in [-0.4, -0.2) is 21.5 Å². The number of H-pyrrole nitrogens is 1. The minimum atomic E-state index is -0.494. The summed E-state index contributed by atoms with van der Waals surface area (Å²) in [6.45, 7) is 3.92. The van der Waals surface area contributed by atoms with Crippen LogP contribution in [0.2, 0.25) is 10.0 Å². The summed E-state index contributed by atoms with van der Waals surface area (Å²) in [6.07, 6.45) is 0.588. The molecule has 6 nitrogen and oxygen atoms in total. The third kappa shape index (κ3) is 4.10. The zero-order valence-electron chi connectivity index (χ0n) is 17.7. The van der Waals surface area contributed by atoms with Gasteiger partial charge in [0.15, 0.2) is 0 Å². The van der Waals surface area contributed by atoms with Gasteiger partial charge < -0.3 is 20.4 Å². The number of rotatable bonds is 4. The molecule has 0 bridgehead atoms. The van der Waals surface area contributed by atoms with Gasteiger partial charge in [0.05, 0.1) is 32.3 Å². The van der Waals surface area contributed by atoms with Crippen LogP contribution in [0.25, 0.3) is 11.0 Å². The van der Waals surface area contributed by atoms with Crippen LogP contribution in [0.4, 0.5) is 21.7 Å². The first kappa shape index (κ1) is 21.6. The lowest BCUT2D eigenvalue weighted by atomic mass is 9.98. The Labute approximate surface area is 199 Å². The lowest BCUT2D eigenvalue weighted by Crippen LogP contribution is -2.25. The van der Waals surface area contributed by atoms with Gasteiger partial charge in [-0.3, -0.25) is 4.79 Å². The van der Waals surface area contributed by atoms with Crippen LogP contribution in [0.3, 0.4) is 0 Å². The number of nitrogens with zero attached hydrogens (tertiary/aromatic N) is 1. The van der Waals surface area contributed by atoms with Crippen molar-refractivity contribution in [1.29, 1.82) is 0 Å². The number of aromatic nitrogens is 2. The van der Waals surface area contributed by atoms with Gasteiger partial charge in [0, 0.05) is 17.7 Å². The minimum absolute atomic E-state index is 0.348. The molecule has 1 amide bonds. The Hall–Kier alpha value is -3.29. The van der Waals surface area contributed by atoms with E-state index in [1.807, 2.05) is 13.8 Å². The second kappa shape index (κ2) is 7.93. The number of fused-ring (bicyclic) bond motifs is 3. The number of halogens is 3. The zero-order chi connectivity index (χ0) is 23.3. The van der Waals surface area contributed by atoms with E-state index < -0.39 is 5.60 Å². The maximum Gasteiger partial charge on any atom is 0.259 e. The molecule has 3 aromatic carbocycles. The average Bonchev–Trinajstić information content (AvgIpc) is 3.31. The maximum absolute atomic E-state index is 13.2. The molecule has 33 heavy (non-hydrogen) atoms. The number of para-hydroxylation sites is 1. The Morgan fingerprint density at radius 3 is 2.55 bits per heavy atom.